The maximum absolute atomic E-state index is 12.4. The lowest BCUT2D eigenvalue weighted by molar-refractivity contribution is -0.138. The van der Waals surface area contributed by atoms with E-state index in [1.165, 1.54) is 11.1 Å². The molecule has 0 aliphatic carbocycles. The minimum Gasteiger partial charge on any atom is -0.480 e. The molecular weight excluding hydrogens is 330 g/mol. The summed E-state index contributed by atoms with van der Waals surface area (Å²) in [6, 6.07) is 8.36. The molecule has 0 aromatic heterocycles. The molecule has 6 nitrogen and oxygen atoms in total. The van der Waals surface area contributed by atoms with Gasteiger partial charge in [0.1, 0.15) is 0 Å². The van der Waals surface area contributed by atoms with Crippen LogP contribution < -0.4 is 5.32 Å². The molecule has 6 heteroatoms. The molecule has 2 rings (SSSR count). The van der Waals surface area contributed by atoms with Gasteiger partial charge in [-0.05, 0) is 51.3 Å². The average molecular weight is 361 g/mol. The van der Waals surface area contributed by atoms with Gasteiger partial charge in [0.25, 0.3) is 0 Å². The molecule has 1 aliphatic heterocycles. The Morgan fingerprint density at radius 3 is 2.58 bits per heavy atom. The van der Waals surface area contributed by atoms with E-state index >= 15 is 0 Å². The van der Waals surface area contributed by atoms with Crippen LogP contribution in [0.25, 0.3) is 0 Å². The number of hydrogen-bond acceptors (Lipinski definition) is 4. The summed E-state index contributed by atoms with van der Waals surface area (Å²) in [5, 5.41) is 12.0. The third kappa shape index (κ3) is 5.81. The molecule has 1 unspecified atom stereocenters. The van der Waals surface area contributed by atoms with Crippen molar-refractivity contribution in [1.82, 2.24) is 15.1 Å². The Kier molecular flexibility index (Phi) is 7.60. The molecule has 2 N–H and O–H groups in total. The van der Waals surface area contributed by atoms with Crippen molar-refractivity contribution in [3.8, 4) is 0 Å². The fraction of sp³-hybridized carbons (Fsp3) is 0.600. The summed E-state index contributed by atoms with van der Waals surface area (Å²) in [5.41, 5.74) is 2.52. The van der Waals surface area contributed by atoms with Crippen molar-refractivity contribution in [2.75, 3.05) is 33.2 Å². The van der Waals surface area contributed by atoms with Crippen LogP contribution in [-0.4, -0.2) is 72.1 Å². The monoisotopic (exact) mass is 361 g/mol. The highest BCUT2D eigenvalue weighted by Crippen LogP contribution is 2.17. The predicted octanol–water partition coefficient (Wildman–Crippen LogP) is 1.52. The van der Waals surface area contributed by atoms with E-state index in [0.29, 0.717) is 6.54 Å². The van der Waals surface area contributed by atoms with Crippen LogP contribution in [0.3, 0.4) is 0 Å². The molecule has 1 atom stereocenters. The van der Waals surface area contributed by atoms with Crippen molar-refractivity contribution in [1.29, 1.82) is 0 Å². The van der Waals surface area contributed by atoms with Crippen molar-refractivity contribution in [3.63, 3.8) is 0 Å². The number of aryl methyl sites for hydroxylation is 1. The lowest BCUT2D eigenvalue weighted by atomic mass is 10.0. The minimum atomic E-state index is -0.795. The Morgan fingerprint density at radius 2 is 1.96 bits per heavy atom. The standard InChI is InChI=1S/C20H31N3O3/c1-15-6-4-5-7-17(15)8-11-21-20(26)16(2)23-12-9-18(10-13-23)22(3)14-19(24)25/h4-7,16,18H,8-14H2,1-3H3,(H,21,26)(H,24,25). The number of amides is 1. The zero-order valence-electron chi connectivity index (χ0n) is 16.1. The highest BCUT2D eigenvalue weighted by molar-refractivity contribution is 5.81. The molecule has 1 aromatic rings. The highest BCUT2D eigenvalue weighted by atomic mass is 16.4. The second-order valence-corrected chi connectivity index (χ2v) is 7.22. The molecule has 1 fully saturated rings. The summed E-state index contributed by atoms with van der Waals surface area (Å²) >= 11 is 0. The summed E-state index contributed by atoms with van der Waals surface area (Å²) in [7, 11) is 1.86. The Labute approximate surface area is 156 Å². The number of carboxylic acids is 1. The summed E-state index contributed by atoms with van der Waals surface area (Å²) in [4.78, 5) is 27.4. The SMILES string of the molecule is Cc1ccccc1CCNC(=O)C(C)N1CCC(N(C)CC(=O)O)CC1. The van der Waals surface area contributed by atoms with E-state index in [1.54, 1.807) is 0 Å². The number of piperidine rings is 1. The van der Waals surface area contributed by atoms with Crippen LogP contribution >= 0.6 is 0 Å². The normalized spacial score (nSPS) is 17.2. The van der Waals surface area contributed by atoms with E-state index in [4.69, 9.17) is 5.11 Å². The number of carboxylic acid groups (broad SMARTS) is 1. The van der Waals surface area contributed by atoms with Gasteiger partial charge in [-0.3, -0.25) is 19.4 Å². The number of likely N-dealkylation sites (N-methyl/N-ethyl adjacent to an activating group) is 1. The topological polar surface area (TPSA) is 72.9 Å². The fourth-order valence-electron chi connectivity index (χ4n) is 3.58. The van der Waals surface area contributed by atoms with Gasteiger partial charge in [-0.1, -0.05) is 24.3 Å². The van der Waals surface area contributed by atoms with Crippen LogP contribution in [-0.2, 0) is 16.0 Å². The molecule has 0 spiro atoms. The molecule has 0 radical (unpaired) electrons. The first-order valence-corrected chi connectivity index (χ1v) is 9.36. The Bertz CT molecular complexity index is 612. The smallest absolute Gasteiger partial charge is 0.317 e. The molecule has 1 saturated heterocycles. The lowest BCUT2D eigenvalue weighted by Gasteiger charge is -2.38. The first kappa shape index (κ1) is 20.4. The van der Waals surface area contributed by atoms with Gasteiger partial charge in [-0.15, -0.1) is 0 Å². The molecule has 0 saturated carbocycles. The summed E-state index contributed by atoms with van der Waals surface area (Å²) in [5.74, 6) is -0.729. The summed E-state index contributed by atoms with van der Waals surface area (Å²) in [6.45, 7) is 6.39. The van der Waals surface area contributed by atoms with E-state index in [9.17, 15) is 9.59 Å². The van der Waals surface area contributed by atoms with E-state index in [-0.39, 0.29) is 24.5 Å². The van der Waals surface area contributed by atoms with Crippen LogP contribution in [0, 0.1) is 6.92 Å². The van der Waals surface area contributed by atoms with E-state index in [0.717, 1.165) is 32.4 Å². The van der Waals surface area contributed by atoms with E-state index in [1.807, 2.05) is 31.0 Å². The van der Waals surface area contributed by atoms with Gasteiger partial charge >= 0.3 is 5.97 Å². The van der Waals surface area contributed by atoms with Gasteiger partial charge in [-0.25, -0.2) is 0 Å². The van der Waals surface area contributed by atoms with Crippen LogP contribution in [0.15, 0.2) is 24.3 Å². The van der Waals surface area contributed by atoms with Crippen molar-refractivity contribution < 1.29 is 14.7 Å². The number of benzene rings is 1. The van der Waals surface area contributed by atoms with Gasteiger partial charge in [0.15, 0.2) is 0 Å². The van der Waals surface area contributed by atoms with Crippen molar-refractivity contribution >= 4 is 11.9 Å². The first-order chi connectivity index (χ1) is 12.4. The van der Waals surface area contributed by atoms with Gasteiger partial charge in [0.2, 0.25) is 5.91 Å². The maximum atomic E-state index is 12.4. The Morgan fingerprint density at radius 1 is 1.31 bits per heavy atom. The van der Waals surface area contributed by atoms with Gasteiger partial charge in [-0.2, -0.15) is 0 Å². The molecule has 26 heavy (non-hydrogen) atoms. The molecule has 144 valence electrons. The molecule has 0 bridgehead atoms. The van der Waals surface area contributed by atoms with E-state index < -0.39 is 5.97 Å². The van der Waals surface area contributed by atoms with Crippen molar-refractivity contribution in [3.05, 3.63) is 35.4 Å². The summed E-state index contributed by atoms with van der Waals surface area (Å²) in [6.07, 6.45) is 2.63. The van der Waals surface area contributed by atoms with Gasteiger partial charge in [0, 0.05) is 25.7 Å². The molecule has 1 amide bonds. The predicted molar refractivity (Wildman–Crippen MR) is 102 cm³/mol. The number of rotatable bonds is 8. The van der Waals surface area contributed by atoms with Crippen molar-refractivity contribution in [2.24, 2.45) is 0 Å². The quantitative estimate of drug-likeness (QED) is 0.735. The third-order valence-electron chi connectivity index (χ3n) is 5.39. The number of likely N-dealkylation sites (tertiary alicyclic amines) is 1. The van der Waals surface area contributed by atoms with Gasteiger partial charge < -0.3 is 10.4 Å². The van der Waals surface area contributed by atoms with Crippen LogP contribution in [0.4, 0.5) is 0 Å². The zero-order valence-corrected chi connectivity index (χ0v) is 16.1. The fourth-order valence-corrected chi connectivity index (χ4v) is 3.58. The zero-order chi connectivity index (χ0) is 19.1. The van der Waals surface area contributed by atoms with E-state index in [2.05, 4.69) is 29.3 Å². The molecule has 1 aliphatic rings. The Hall–Kier alpha value is -1.92. The number of nitrogens with one attached hydrogen (secondary N) is 1. The van der Waals surface area contributed by atoms with Crippen LogP contribution in [0.1, 0.15) is 30.9 Å². The highest BCUT2D eigenvalue weighted by Gasteiger charge is 2.28. The second kappa shape index (κ2) is 9.69. The first-order valence-electron chi connectivity index (χ1n) is 9.36. The number of hydrogen-bond donors (Lipinski definition) is 2. The molecule has 1 heterocycles. The van der Waals surface area contributed by atoms with Crippen molar-refractivity contribution in [2.45, 2.75) is 45.2 Å². The number of carbonyl (C=O) groups is 2. The maximum Gasteiger partial charge on any atom is 0.317 e. The van der Waals surface area contributed by atoms with Gasteiger partial charge in [0.05, 0.1) is 12.6 Å². The molecule has 1 aromatic carbocycles. The second-order valence-electron chi connectivity index (χ2n) is 7.22. The molecular formula is C20H31N3O3. The number of aliphatic carboxylic acids is 1. The Balaban J connectivity index is 1.73. The third-order valence-corrected chi connectivity index (χ3v) is 5.39. The number of carbonyl (C=O) groups excluding carboxylic acids is 1. The lowest BCUT2D eigenvalue weighted by Crippen LogP contribution is -2.51. The summed E-state index contributed by atoms with van der Waals surface area (Å²) < 4.78 is 0. The van der Waals surface area contributed by atoms with Crippen LogP contribution in [0.2, 0.25) is 0 Å². The average Bonchev–Trinajstić information content (AvgIpc) is 2.62. The largest absolute Gasteiger partial charge is 0.480 e. The van der Waals surface area contributed by atoms with Crippen LogP contribution in [0.5, 0.6) is 0 Å². The number of nitrogens with zero attached hydrogens (tertiary/aromatic N) is 2. The minimum absolute atomic E-state index is 0.0657.